The molecule has 0 saturated carbocycles. The zero-order valence-electron chi connectivity index (χ0n) is 18.0. The molecular formula is C26H22N4O3. The van der Waals surface area contributed by atoms with E-state index in [1.54, 1.807) is 24.8 Å². The highest BCUT2D eigenvalue weighted by atomic mass is 16.5. The average molecular weight is 438 g/mol. The summed E-state index contributed by atoms with van der Waals surface area (Å²) < 4.78 is 5.97. The van der Waals surface area contributed by atoms with Gasteiger partial charge in [-0.15, -0.1) is 0 Å². The van der Waals surface area contributed by atoms with Gasteiger partial charge >= 0.3 is 6.09 Å². The summed E-state index contributed by atoms with van der Waals surface area (Å²) in [7, 11) is 0. The summed E-state index contributed by atoms with van der Waals surface area (Å²) in [5.74, 6) is 0.582. The van der Waals surface area contributed by atoms with Gasteiger partial charge in [0.2, 0.25) is 0 Å². The van der Waals surface area contributed by atoms with Crippen molar-refractivity contribution in [1.29, 1.82) is 0 Å². The van der Waals surface area contributed by atoms with Crippen molar-refractivity contribution in [1.82, 2.24) is 15.0 Å². The number of aromatic nitrogens is 3. The highest BCUT2D eigenvalue weighted by Gasteiger charge is 2.24. The molecule has 164 valence electrons. The third kappa shape index (κ3) is 4.08. The predicted molar refractivity (Wildman–Crippen MR) is 129 cm³/mol. The van der Waals surface area contributed by atoms with Crippen LogP contribution in [0.2, 0.25) is 0 Å². The van der Waals surface area contributed by atoms with Crippen LogP contribution in [0.1, 0.15) is 6.92 Å². The number of rotatable bonds is 6. The first-order valence-electron chi connectivity index (χ1n) is 10.6. The third-order valence-corrected chi connectivity index (χ3v) is 5.65. The van der Waals surface area contributed by atoms with Gasteiger partial charge < -0.3 is 14.8 Å². The van der Waals surface area contributed by atoms with Gasteiger partial charge in [0.05, 0.1) is 17.9 Å². The van der Waals surface area contributed by atoms with Crippen molar-refractivity contribution < 1.29 is 14.6 Å². The Kier molecular flexibility index (Phi) is 5.36. The Labute approximate surface area is 190 Å². The van der Waals surface area contributed by atoms with Crippen LogP contribution in [0.3, 0.4) is 0 Å². The second-order valence-electron chi connectivity index (χ2n) is 7.88. The number of nitrogens with zero attached hydrogens (tertiary/aromatic N) is 3. The number of nitrogens with one attached hydrogen (secondary N) is 1. The molecule has 3 heterocycles. The Morgan fingerprint density at radius 2 is 1.91 bits per heavy atom. The smallest absolute Gasteiger partial charge is 0.412 e. The van der Waals surface area contributed by atoms with Crippen LogP contribution in [0, 0.1) is 0 Å². The molecule has 1 amide bonds. The number of anilines is 1. The van der Waals surface area contributed by atoms with Crippen LogP contribution in [-0.2, 0) is 0 Å². The fraction of sp³-hybridized carbons (Fsp3) is 0.115. The van der Waals surface area contributed by atoms with E-state index in [1.807, 2.05) is 61.7 Å². The zero-order valence-corrected chi connectivity index (χ0v) is 18.0. The number of H-pyrrole nitrogens is 1. The van der Waals surface area contributed by atoms with Crippen LogP contribution in [0.25, 0.3) is 32.8 Å². The fourth-order valence-corrected chi connectivity index (χ4v) is 3.99. The van der Waals surface area contributed by atoms with Gasteiger partial charge in [0.25, 0.3) is 0 Å². The Morgan fingerprint density at radius 3 is 2.79 bits per heavy atom. The van der Waals surface area contributed by atoms with Crippen LogP contribution >= 0.6 is 0 Å². The van der Waals surface area contributed by atoms with Gasteiger partial charge in [0.1, 0.15) is 12.4 Å². The molecule has 1 unspecified atom stereocenters. The lowest BCUT2D eigenvalue weighted by atomic mass is 10.0. The van der Waals surface area contributed by atoms with Crippen molar-refractivity contribution in [3.8, 4) is 16.9 Å². The van der Waals surface area contributed by atoms with Gasteiger partial charge in [0, 0.05) is 46.6 Å². The number of hydrogen-bond donors (Lipinski definition) is 2. The summed E-state index contributed by atoms with van der Waals surface area (Å²) in [6.45, 7) is 2.00. The summed E-state index contributed by atoms with van der Waals surface area (Å²) in [4.78, 5) is 25.0. The second-order valence-corrected chi connectivity index (χ2v) is 7.88. The minimum absolute atomic E-state index is 0.181. The number of pyridine rings is 2. The van der Waals surface area contributed by atoms with Gasteiger partial charge in [-0.1, -0.05) is 30.3 Å². The molecule has 5 rings (SSSR count). The Hall–Kier alpha value is -4.39. The monoisotopic (exact) mass is 438 g/mol. The summed E-state index contributed by atoms with van der Waals surface area (Å²) in [5.41, 5.74) is 3.43. The molecule has 0 aliphatic carbocycles. The maximum Gasteiger partial charge on any atom is 0.412 e. The van der Waals surface area contributed by atoms with Gasteiger partial charge in [-0.05, 0) is 42.1 Å². The Bertz CT molecular complexity index is 1450. The first-order chi connectivity index (χ1) is 16.1. The van der Waals surface area contributed by atoms with Crippen LogP contribution in [0.5, 0.6) is 5.75 Å². The molecule has 2 N–H and O–H groups in total. The Morgan fingerprint density at radius 1 is 1.03 bits per heavy atom. The van der Waals surface area contributed by atoms with E-state index >= 15 is 0 Å². The minimum Gasteiger partial charge on any atom is -0.490 e. The first kappa shape index (κ1) is 20.5. The molecule has 5 aromatic rings. The second kappa shape index (κ2) is 8.63. The normalized spacial score (nSPS) is 12.0. The SMILES string of the molecule is CC(COc1cncc(-c2ccc3cnccc3c2)c1)N(C(=O)O)c1c[nH]c2ccccc12. The van der Waals surface area contributed by atoms with Gasteiger partial charge in [-0.25, -0.2) is 4.79 Å². The van der Waals surface area contributed by atoms with Crippen molar-refractivity contribution in [3.63, 3.8) is 0 Å². The lowest BCUT2D eigenvalue weighted by Gasteiger charge is -2.26. The van der Waals surface area contributed by atoms with Crippen LogP contribution in [0.15, 0.2) is 85.6 Å². The zero-order chi connectivity index (χ0) is 22.8. The third-order valence-electron chi connectivity index (χ3n) is 5.65. The first-order valence-corrected chi connectivity index (χ1v) is 10.6. The molecule has 0 aliphatic rings. The number of benzene rings is 2. The number of amides is 1. The van der Waals surface area contributed by atoms with Crippen molar-refractivity contribution in [2.75, 3.05) is 11.5 Å². The topological polar surface area (TPSA) is 91.3 Å². The highest BCUT2D eigenvalue weighted by Crippen LogP contribution is 2.29. The van der Waals surface area contributed by atoms with Crippen molar-refractivity contribution in [2.24, 2.45) is 0 Å². The number of carboxylic acid groups (broad SMARTS) is 1. The average Bonchev–Trinajstić information content (AvgIpc) is 3.26. The molecule has 0 radical (unpaired) electrons. The molecular weight excluding hydrogens is 416 g/mol. The number of fused-ring (bicyclic) bond motifs is 2. The maximum atomic E-state index is 12.1. The molecule has 0 bridgehead atoms. The Balaban J connectivity index is 1.35. The summed E-state index contributed by atoms with van der Waals surface area (Å²) in [6, 6.07) is 17.2. The van der Waals surface area contributed by atoms with E-state index in [1.165, 1.54) is 4.90 Å². The molecule has 1 atom stereocenters. The van der Waals surface area contributed by atoms with Crippen LogP contribution < -0.4 is 9.64 Å². The van der Waals surface area contributed by atoms with E-state index in [-0.39, 0.29) is 6.61 Å². The highest BCUT2D eigenvalue weighted by molar-refractivity contribution is 6.00. The quantitative estimate of drug-likeness (QED) is 0.353. The molecule has 0 fully saturated rings. The fourth-order valence-electron chi connectivity index (χ4n) is 3.99. The lowest BCUT2D eigenvalue weighted by molar-refractivity contribution is 0.194. The van der Waals surface area contributed by atoms with E-state index in [0.29, 0.717) is 11.4 Å². The van der Waals surface area contributed by atoms with Crippen molar-refractivity contribution in [3.05, 3.63) is 85.6 Å². The lowest BCUT2D eigenvalue weighted by Crippen LogP contribution is -2.41. The molecule has 7 heteroatoms. The van der Waals surface area contributed by atoms with Crippen LogP contribution in [0.4, 0.5) is 10.5 Å². The molecule has 3 aromatic heterocycles. The standard InChI is InChI=1S/C26H22N4O3/c1-17(30(26(31)32)25-15-29-24-5-3-2-4-23(24)25)16-33-22-11-21(13-28-14-22)18-6-7-20-12-27-9-8-19(20)10-18/h2-15,17,29H,16H2,1H3,(H,31,32). The summed E-state index contributed by atoms with van der Waals surface area (Å²) in [5, 5.41) is 12.9. The summed E-state index contributed by atoms with van der Waals surface area (Å²) in [6.07, 6.45) is 7.71. The molecule has 33 heavy (non-hydrogen) atoms. The van der Waals surface area contributed by atoms with Gasteiger partial charge in [-0.3, -0.25) is 14.9 Å². The molecule has 7 nitrogen and oxygen atoms in total. The number of ether oxygens (including phenoxy) is 1. The van der Waals surface area contributed by atoms with Crippen molar-refractivity contribution >= 4 is 33.5 Å². The number of carbonyl (C=O) groups is 1. The molecule has 0 saturated heterocycles. The van der Waals surface area contributed by atoms with Crippen molar-refractivity contribution in [2.45, 2.75) is 13.0 Å². The van der Waals surface area contributed by atoms with E-state index in [2.05, 4.69) is 21.0 Å². The largest absolute Gasteiger partial charge is 0.490 e. The molecule has 2 aromatic carbocycles. The number of para-hydroxylation sites is 1. The van der Waals surface area contributed by atoms with E-state index in [4.69, 9.17) is 4.74 Å². The molecule has 0 spiro atoms. The van der Waals surface area contributed by atoms with E-state index in [0.717, 1.165) is 32.8 Å². The molecule has 0 aliphatic heterocycles. The van der Waals surface area contributed by atoms with Crippen LogP contribution in [-0.4, -0.2) is 38.8 Å². The van der Waals surface area contributed by atoms with Gasteiger partial charge in [-0.2, -0.15) is 0 Å². The van der Waals surface area contributed by atoms with Gasteiger partial charge in [0.15, 0.2) is 0 Å². The van der Waals surface area contributed by atoms with E-state index in [9.17, 15) is 9.90 Å². The number of aromatic amines is 1. The van der Waals surface area contributed by atoms with E-state index < -0.39 is 12.1 Å². The maximum absolute atomic E-state index is 12.1. The number of hydrogen-bond acceptors (Lipinski definition) is 4. The predicted octanol–water partition coefficient (Wildman–Crippen LogP) is 5.73. The summed E-state index contributed by atoms with van der Waals surface area (Å²) >= 11 is 0. The minimum atomic E-state index is -1.03.